The Morgan fingerprint density at radius 2 is 0.615 bits per heavy atom. The first-order valence-corrected chi connectivity index (χ1v) is 34.3. The van der Waals surface area contributed by atoms with Crippen molar-refractivity contribution < 1.29 is 9.15 Å². The summed E-state index contributed by atoms with van der Waals surface area (Å²) >= 11 is 0. The van der Waals surface area contributed by atoms with E-state index in [-0.39, 0.29) is 10.8 Å². The van der Waals surface area contributed by atoms with Crippen LogP contribution in [0.4, 0.5) is 22.7 Å². The number of rotatable bonds is 16. The molecular weight excluding hydrogens is 1160 g/mol. The lowest BCUT2D eigenvalue weighted by molar-refractivity contribution is -0.401. The van der Waals surface area contributed by atoms with Gasteiger partial charge in [-0.25, -0.2) is 0 Å². The molecule has 96 heavy (non-hydrogen) atoms. The van der Waals surface area contributed by atoms with Gasteiger partial charge in [0.2, 0.25) is 11.4 Å². The first-order valence-electron chi connectivity index (χ1n) is 34.3. The Kier molecular flexibility index (Phi) is 15.2. The maximum atomic E-state index is 2.58. The smallest absolute Gasteiger partial charge is 0.210 e. The molecule has 0 amide bonds. The summed E-state index contributed by atoms with van der Waals surface area (Å²) < 4.78 is 5.03. The number of anilines is 2. The third-order valence-corrected chi connectivity index (χ3v) is 22.3. The van der Waals surface area contributed by atoms with Crippen molar-refractivity contribution in [3.05, 3.63) is 371 Å². The molecule has 4 aliphatic heterocycles. The number of fused-ring (bicyclic) bond motifs is 12. The van der Waals surface area contributed by atoms with Gasteiger partial charge in [0.25, 0.3) is 0 Å². The number of allylic oxidation sites excluding steroid dienone is 10. The highest BCUT2D eigenvalue weighted by molar-refractivity contribution is 6.10. The van der Waals surface area contributed by atoms with E-state index in [4.69, 9.17) is 0 Å². The minimum absolute atomic E-state index is 0.307. The Morgan fingerprint density at radius 3 is 0.958 bits per heavy atom. The summed E-state index contributed by atoms with van der Waals surface area (Å²) in [4.78, 5) is 4.92. The van der Waals surface area contributed by atoms with Gasteiger partial charge in [-0.05, 0) is 165 Å². The Morgan fingerprint density at radius 1 is 0.323 bits per heavy atom. The summed E-state index contributed by atoms with van der Waals surface area (Å²) in [6.45, 7) is 4.94. The van der Waals surface area contributed by atoms with E-state index in [9.17, 15) is 0 Å². The van der Waals surface area contributed by atoms with Crippen LogP contribution >= 0.6 is 0 Å². The Labute approximate surface area is 566 Å². The fourth-order valence-corrected chi connectivity index (χ4v) is 18.1. The second kappa shape index (κ2) is 24.3. The van der Waals surface area contributed by atoms with Crippen molar-refractivity contribution in [3.8, 4) is 0 Å². The predicted molar refractivity (Wildman–Crippen MR) is 406 cm³/mol. The van der Waals surface area contributed by atoms with Gasteiger partial charge in [0.05, 0.1) is 10.8 Å². The average Bonchev–Trinajstić information content (AvgIpc) is 1.58. The van der Waals surface area contributed by atoms with E-state index in [0.717, 1.165) is 38.5 Å². The molecule has 0 fully saturated rings. The van der Waals surface area contributed by atoms with E-state index < -0.39 is 10.8 Å². The topological polar surface area (TPSA) is 12.5 Å². The molecule has 4 unspecified atom stereocenters. The zero-order valence-corrected chi connectivity index (χ0v) is 56.1. The van der Waals surface area contributed by atoms with Crippen LogP contribution in [0.1, 0.15) is 71.2 Å². The van der Waals surface area contributed by atoms with Gasteiger partial charge in [-0.3, -0.25) is 0 Å². The monoisotopic (exact) mass is 1240 g/mol. The fourth-order valence-electron chi connectivity index (χ4n) is 18.1. The Bertz CT molecular complexity index is 4930. The number of hydrogen-bond donors (Lipinski definition) is 0. The van der Waals surface area contributed by atoms with Crippen molar-refractivity contribution in [2.45, 2.75) is 74.0 Å². The van der Waals surface area contributed by atoms with Crippen LogP contribution in [0.25, 0.3) is 43.1 Å². The van der Waals surface area contributed by atoms with Gasteiger partial charge < -0.3 is 9.80 Å². The third kappa shape index (κ3) is 9.94. The zero-order valence-electron chi connectivity index (χ0n) is 56.1. The van der Waals surface area contributed by atoms with Crippen molar-refractivity contribution in [2.24, 2.45) is 0 Å². The molecule has 16 rings (SSSR count). The number of nitrogens with zero attached hydrogens (tertiary/aromatic N) is 4. The molecule has 0 aliphatic carbocycles. The lowest BCUT2D eigenvalue weighted by Crippen LogP contribution is -2.37. The molecule has 0 aromatic heterocycles. The van der Waals surface area contributed by atoms with Crippen LogP contribution < -0.4 is 9.80 Å². The quantitative estimate of drug-likeness (QED) is 0.0706. The van der Waals surface area contributed by atoms with E-state index in [2.05, 4.69) is 377 Å². The first kappa shape index (κ1) is 60.3. The summed E-state index contributed by atoms with van der Waals surface area (Å²) in [5, 5.41) is 10.3. The van der Waals surface area contributed by atoms with Gasteiger partial charge >= 0.3 is 0 Å². The normalized spacial score (nSPS) is 21.4. The highest BCUT2D eigenvalue weighted by atomic mass is 15.2. The third-order valence-electron chi connectivity index (χ3n) is 22.3. The standard InChI is InChI=1S/C92H82N4/c1-89(61-65-31-11-7-12-32-65)81(93(3)77-55-51-69-39-19-23-43-73(69)85(77)89)47-29-49-83-91(63-67-35-15-9-16-36-67,87-75-45-25-21-41-71(75)53-57-79(87)95(83)5)59-27-28-60-92(64-68-37-17-10-18-38-68)84(96(6)80-58-54-72-42-22-26-46-76(72)88(80)92)50-30-48-82-90(2,62-66-33-13-8-14-34-66)86-74-44-24-20-40-70(74)52-56-78(86)94(82)4/h7-58H,59-64H2,1-6H3/q+2/b28-27-. The molecule has 4 aliphatic rings. The summed E-state index contributed by atoms with van der Waals surface area (Å²) in [5.41, 5.74) is 19.5. The molecular formula is C92H82N4+2. The molecule has 0 bridgehead atoms. The molecule has 0 radical (unpaired) electrons. The van der Waals surface area contributed by atoms with Gasteiger partial charge in [-0.1, -0.05) is 255 Å². The minimum atomic E-state index is -0.462. The fraction of sp³-hybridized carbons (Fsp3) is 0.174. The molecule has 0 N–H and O–H groups in total. The minimum Gasteiger partial charge on any atom is -0.347 e. The van der Waals surface area contributed by atoms with Crippen LogP contribution in [-0.4, -0.2) is 48.8 Å². The molecule has 468 valence electrons. The van der Waals surface area contributed by atoms with Crippen LogP contribution in [0.5, 0.6) is 0 Å². The van der Waals surface area contributed by atoms with Crippen LogP contribution in [0.2, 0.25) is 0 Å². The summed E-state index contributed by atoms with van der Waals surface area (Å²) in [7, 11) is 9.16. The van der Waals surface area contributed by atoms with E-state index in [1.807, 2.05) is 0 Å². The molecule has 0 saturated heterocycles. The highest BCUT2D eigenvalue weighted by Crippen LogP contribution is 2.55. The van der Waals surface area contributed by atoms with Gasteiger partial charge in [0.1, 0.15) is 14.1 Å². The highest BCUT2D eigenvalue weighted by Gasteiger charge is 2.53. The van der Waals surface area contributed by atoms with Gasteiger partial charge in [-0.15, -0.1) is 0 Å². The second-order valence-electron chi connectivity index (χ2n) is 27.9. The van der Waals surface area contributed by atoms with E-state index in [1.54, 1.807) is 0 Å². The Hall–Kier alpha value is -10.7. The van der Waals surface area contributed by atoms with Crippen molar-refractivity contribution >= 4 is 77.3 Å². The molecule has 4 atom stereocenters. The summed E-state index contributed by atoms with van der Waals surface area (Å²) in [6, 6.07) is 99.4. The molecule has 12 aromatic rings. The molecule has 0 spiro atoms. The van der Waals surface area contributed by atoms with E-state index >= 15 is 0 Å². The number of benzene rings is 12. The van der Waals surface area contributed by atoms with Crippen molar-refractivity contribution in [2.75, 3.05) is 38.0 Å². The lowest BCUT2D eigenvalue weighted by Gasteiger charge is -2.30. The Balaban J connectivity index is 0.841. The van der Waals surface area contributed by atoms with Crippen LogP contribution in [0, 0.1) is 0 Å². The van der Waals surface area contributed by atoms with Crippen LogP contribution in [0.3, 0.4) is 0 Å². The van der Waals surface area contributed by atoms with E-state index in [1.165, 1.54) is 133 Å². The van der Waals surface area contributed by atoms with Gasteiger partial charge in [0, 0.05) is 83.1 Å². The molecule has 4 heteroatoms. The van der Waals surface area contributed by atoms with E-state index in [0.29, 0.717) is 0 Å². The number of hydrogen-bond acceptors (Lipinski definition) is 2. The molecule has 12 aromatic carbocycles. The van der Waals surface area contributed by atoms with Crippen molar-refractivity contribution in [1.29, 1.82) is 0 Å². The molecule has 4 heterocycles. The summed E-state index contributed by atoms with van der Waals surface area (Å²) in [6.07, 6.45) is 24.7. The average molecular weight is 1240 g/mol. The zero-order chi connectivity index (χ0) is 65.2. The lowest BCUT2D eigenvalue weighted by atomic mass is 9.67. The van der Waals surface area contributed by atoms with Crippen LogP contribution in [-0.2, 0) is 47.3 Å². The van der Waals surface area contributed by atoms with Gasteiger partial charge in [0.15, 0.2) is 11.4 Å². The predicted octanol–water partition coefficient (Wildman–Crippen LogP) is 20.9. The number of likely N-dealkylation sites (N-methyl/N-ethyl adjacent to an activating group) is 2. The molecule has 4 nitrogen and oxygen atoms in total. The molecule has 0 saturated carbocycles. The van der Waals surface area contributed by atoms with Crippen molar-refractivity contribution in [1.82, 2.24) is 0 Å². The SMILES string of the molecule is CN1/C(=C/C=C/C2=[N+](C)c3ccc4ccccc4c3C2(C/C=C\CC2(Cc3ccccc3)C(/C=C/C=C3/N(C)c4ccc5ccccc5c4C3(C)Cc3ccccc3)=[N+](C)c3ccc4ccccc4c32)Cc2ccccc2)C(C)(Cc2ccccc2)c2c1ccc1ccccc21. The second-order valence-corrected chi connectivity index (χ2v) is 27.9. The van der Waals surface area contributed by atoms with Crippen LogP contribution in [0.15, 0.2) is 327 Å². The largest absolute Gasteiger partial charge is 0.347 e. The maximum absolute atomic E-state index is 2.58. The maximum Gasteiger partial charge on any atom is 0.210 e. The van der Waals surface area contributed by atoms with Gasteiger partial charge in [-0.2, -0.15) is 9.15 Å². The van der Waals surface area contributed by atoms with Crippen molar-refractivity contribution in [3.63, 3.8) is 0 Å². The first-order chi connectivity index (χ1) is 47.0. The summed E-state index contributed by atoms with van der Waals surface area (Å²) in [5.74, 6) is 0.